The minimum Gasteiger partial charge on any atom is -0.507 e. The summed E-state index contributed by atoms with van der Waals surface area (Å²) in [7, 11) is 0. The first kappa shape index (κ1) is 27.1. The van der Waals surface area contributed by atoms with Gasteiger partial charge in [0.15, 0.2) is 0 Å². The van der Waals surface area contributed by atoms with Crippen LogP contribution in [0.2, 0.25) is 0 Å². The number of benzene rings is 3. The van der Waals surface area contributed by atoms with Crippen molar-refractivity contribution in [1.82, 2.24) is 19.4 Å². The molecule has 0 spiro atoms. The van der Waals surface area contributed by atoms with Crippen molar-refractivity contribution in [2.45, 2.75) is 75.4 Å². The Balaban J connectivity index is 1.07. The topological polar surface area (TPSA) is 61.6 Å². The fourth-order valence-electron chi connectivity index (χ4n) is 8.25. The number of fused-ring (bicyclic) bond motifs is 3. The summed E-state index contributed by atoms with van der Waals surface area (Å²) >= 11 is 0. The highest BCUT2D eigenvalue weighted by Gasteiger charge is 2.44. The van der Waals surface area contributed by atoms with E-state index in [1.807, 2.05) is 0 Å². The number of phenolic OH excluding ortho intramolecular Hbond substituents is 1. The van der Waals surface area contributed by atoms with Crippen LogP contribution < -0.4 is 0 Å². The number of hydrogen-bond donors (Lipinski definition) is 1. The molecule has 0 aliphatic carbocycles. The minimum atomic E-state index is -0.512. The maximum atomic E-state index is 13.9. The van der Waals surface area contributed by atoms with Crippen LogP contribution in [-0.2, 0) is 5.41 Å². The number of nitrogens with zero attached hydrogens (tertiary/aromatic N) is 4. The fourth-order valence-corrected chi connectivity index (χ4v) is 8.25. The number of phenols is 1. The third-order valence-electron chi connectivity index (χ3n) is 10.4. The zero-order valence-corrected chi connectivity index (χ0v) is 24.3. The molecule has 2 bridgehead atoms. The number of carbonyl (C=O) groups is 1. The van der Waals surface area contributed by atoms with Crippen LogP contribution in [0, 0.1) is 12.7 Å². The Labute approximate surface area is 246 Å². The summed E-state index contributed by atoms with van der Waals surface area (Å²) in [6, 6.07) is 24.5. The quantitative estimate of drug-likeness (QED) is 0.285. The van der Waals surface area contributed by atoms with Gasteiger partial charge in [-0.1, -0.05) is 42.5 Å². The normalized spacial score (nSPS) is 23.9. The molecule has 42 heavy (non-hydrogen) atoms. The van der Waals surface area contributed by atoms with E-state index in [0.717, 1.165) is 56.1 Å². The average Bonchev–Trinajstić information content (AvgIpc) is 3.48. The third-order valence-corrected chi connectivity index (χ3v) is 10.4. The number of rotatable bonds is 6. The predicted molar refractivity (Wildman–Crippen MR) is 162 cm³/mol. The van der Waals surface area contributed by atoms with E-state index in [1.54, 1.807) is 4.90 Å². The highest BCUT2D eigenvalue weighted by molar-refractivity contribution is 5.96. The molecule has 0 saturated carbocycles. The number of carbonyl (C=O) groups excluding carboxylic acids is 1. The molecule has 3 aromatic carbocycles. The Morgan fingerprint density at radius 2 is 1.64 bits per heavy atom. The summed E-state index contributed by atoms with van der Waals surface area (Å²) in [5.74, 6) is 0.140. The molecule has 1 aromatic heterocycles. The van der Waals surface area contributed by atoms with Gasteiger partial charge in [0.05, 0.1) is 16.6 Å². The predicted octanol–water partition coefficient (Wildman–Crippen LogP) is 6.62. The van der Waals surface area contributed by atoms with Crippen molar-refractivity contribution < 1.29 is 14.3 Å². The molecule has 7 rings (SSSR count). The van der Waals surface area contributed by atoms with Gasteiger partial charge in [-0.05, 0) is 99.7 Å². The molecule has 7 heteroatoms. The average molecular weight is 567 g/mol. The summed E-state index contributed by atoms with van der Waals surface area (Å²) in [6.07, 6.45) is 7.59. The maximum Gasteiger partial charge on any atom is 0.257 e. The Bertz CT molecular complexity index is 1580. The lowest BCUT2D eigenvalue weighted by Crippen LogP contribution is -2.49. The first-order valence-electron chi connectivity index (χ1n) is 15.4. The number of piperidine rings is 2. The number of para-hydroxylation sites is 2. The van der Waals surface area contributed by atoms with Crippen molar-refractivity contribution in [3.05, 3.63) is 95.6 Å². The van der Waals surface area contributed by atoms with Crippen molar-refractivity contribution in [1.29, 1.82) is 0 Å². The smallest absolute Gasteiger partial charge is 0.257 e. The van der Waals surface area contributed by atoms with Crippen LogP contribution in [0.15, 0.2) is 72.8 Å². The van der Waals surface area contributed by atoms with Crippen molar-refractivity contribution in [2.24, 2.45) is 0 Å². The summed E-state index contributed by atoms with van der Waals surface area (Å²) in [4.78, 5) is 22.7. The second-order valence-corrected chi connectivity index (χ2v) is 12.6. The van der Waals surface area contributed by atoms with Gasteiger partial charge in [0.1, 0.15) is 17.4 Å². The van der Waals surface area contributed by atoms with Crippen LogP contribution in [-0.4, -0.2) is 62.1 Å². The van der Waals surface area contributed by atoms with E-state index in [9.17, 15) is 14.3 Å². The molecule has 6 nitrogen and oxygen atoms in total. The van der Waals surface area contributed by atoms with Gasteiger partial charge in [-0.3, -0.25) is 9.69 Å². The molecule has 0 radical (unpaired) electrons. The number of aryl methyl sites for hydroxylation is 1. The standard InChI is InChI=1S/C35H39FN4O2/c1-24-37-31-9-5-6-10-32(31)40(24)29-22-27-12-13-28(23-29)39(27)20-17-35(25-7-3-2-4-8-25)15-18-38(19-16-35)34(42)30-21-26(36)11-14-33(30)41/h2-11,14,21,27-29,41H,12-13,15-20,22-23H2,1H3/t27-,28+,29+. The second-order valence-electron chi connectivity index (χ2n) is 12.6. The molecular weight excluding hydrogens is 527 g/mol. The van der Waals surface area contributed by atoms with Gasteiger partial charge in [-0.25, -0.2) is 9.37 Å². The zero-order valence-electron chi connectivity index (χ0n) is 24.3. The molecule has 3 aliphatic rings. The molecule has 218 valence electrons. The van der Waals surface area contributed by atoms with Crippen molar-refractivity contribution in [3.8, 4) is 5.75 Å². The largest absolute Gasteiger partial charge is 0.507 e. The molecule has 1 N–H and O–H groups in total. The Kier molecular flexibility index (Phi) is 7.01. The van der Waals surface area contributed by atoms with Gasteiger partial charge < -0.3 is 14.6 Å². The van der Waals surface area contributed by atoms with E-state index in [1.165, 1.54) is 36.1 Å². The zero-order chi connectivity index (χ0) is 28.8. The number of hydrogen-bond acceptors (Lipinski definition) is 4. The maximum absolute atomic E-state index is 13.9. The number of halogens is 1. The number of aromatic hydroxyl groups is 1. The molecule has 4 heterocycles. The van der Waals surface area contributed by atoms with Crippen LogP contribution in [0.4, 0.5) is 4.39 Å². The Morgan fingerprint density at radius 3 is 2.38 bits per heavy atom. The molecule has 4 aromatic rings. The lowest BCUT2D eigenvalue weighted by molar-refractivity contribution is 0.0604. The van der Waals surface area contributed by atoms with Crippen LogP contribution in [0.3, 0.4) is 0 Å². The SMILES string of the molecule is Cc1nc2ccccc2n1[C@H]1C[C@H]2CC[C@@H](C1)N2CCC1(c2ccccc2)CCN(C(=O)c2cc(F)ccc2O)CC1. The molecule has 1 amide bonds. The second kappa shape index (κ2) is 10.8. The van der Waals surface area contributed by atoms with Gasteiger partial charge in [-0.2, -0.15) is 0 Å². The summed E-state index contributed by atoms with van der Waals surface area (Å²) in [5.41, 5.74) is 3.71. The number of likely N-dealkylation sites (tertiary alicyclic amines) is 1. The van der Waals surface area contributed by atoms with E-state index < -0.39 is 5.82 Å². The molecule has 3 atom stereocenters. The first-order chi connectivity index (χ1) is 20.4. The number of aromatic nitrogens is 2. The molecule has 0 unspecified atom stereocenters. The molecule has 3 aliphatic heterocycles. The highest BCUT2D eigenvalue weighted by atomic mass is 19.1. The Hall–Kier alpha value is -3.71. The monoisotopic (exact) mass is 566 g/mol. The third kappa shape index (κ3) is 4.77. The lowest BCUT2D eigenvalue weighted by atomic mass is 9.70. The summed E-state index contributed by atoms with van der Waals surface area (Å²) < 4.78 is 16.4. The van der Waals surface area contributed by atoms with Crippen molar-refractivity contribution >= 4 is 16.9 Å². The van der Waals surface area contributed by atoms with Gasteiger partial charge in [-0.15, -0.1) is 0 Å². The highest BCUT2D eigenvalue weighted by Crippen LogP contribution is 2.45. The Morgan fingerprint density at radius 1 is 0.952 bits per heavy atom. The van der Waals surface area contributed by atoms with Gasteiger partial charge in [0, 0.05) is 31.2 Å². The number of amides is 1. The summed E-state index contributed by atoms with van der Waals surface area (Å²) in [6.45, 7) is 4.38. The van der Waals surface area contributed by atoms with E-state index >= 15 is 0 Å². The van der Waals surface area contributed by atoms with Crippen molar-refractivity contribution in [3.63, 3.8) is 0 Å². The van der Waals surface area contributed by atoms with Crippen LogP contribution >= 0.6 is 0 Å². The van der Waals surface area contributed by atoms with Gasteiger partial charge in [0.2, 0.25) is 0 Å². The number of imidazole rings is 1. The van der Waals surface area contributed by atoms with Crippen LogP contribution in [0.25, 0.3) is 11.0 Å². The van der Waals surface area contributed by atoms with Gasteiger partial charge in [0.25, 0.3) is 5.91 Å². The van der Waals surface area contributed by atoms with Crippen LogP contribution in [0.5, 0.6) is 5.75 Å². The van der Waals surface area contributed by atoms with Gasteiger partial charge >= 0.3 is 0 Å². The molecular formula is C35H39FN4O2. The van der Waals surface area contributed by atoms with E-state index in [2.05, 4.69) is 71.0 Å². The lowest BCUT2D eigenvalue weighted by Gasteiger charge is -2.45. The van der Waals surface area contributed by atoms with Crippen LogP contribution in [0.1, 0.15) is 72.7 Å². The molecule has 3 saturated heterocycles. The van der Waals surface area contributed by atoms with E-state index in [4.69, 9.17) is 4.98 Å². The van der Waals surface area contributed by atoms with Crippen molar-refractivity contribution in [2.75, 3.05) is 19.6 Å². The van der Waals surface area contributed by atoms with E-state index in [-0.39, 0.29) is 22.6 Å². The summed E-state index contributed by atoms with van der Waals surface area (Å²) in [5, 5.41) is 10.2. The molecule has 3 fully saturated rings. The first-order valence-corrected chi connectivity index (χ1v) is 15.4. The minimum absolute atomic E-state index is 0.0184. The fraction of sp³-hybridized carbons (Fsp3) is 0.429. The van der Waals surface area contributed by atoms with E-state index in [0.29, 0.717) is 31.2 Å².